The highest BCUT2D eigenvalue weighted by atomic mass is 16.5. The largest absolute Gasteiger partial charge is 0.484 e. The molecule has 31 heavy (non-hydrogen) atoms. The SMILES string of the molecule is Cc1ccccc1OCC(=O)NN=Cc1ccc(OCC(=O)NCc2ccco2)cc1. The molecule has 1 heterocycles. The summed E-state index contributed by atoms with van der Waals surface area (Å²) in [5, 5.41) is 6.61. The summed E-state index contributed by atoms with van der Waals surface area (Å²) in [4.78, 5) is 23.6. The minimum atomic E-state index is -0.361. The Bertz CT molecular complexity index is 1010. The number of rotatable bonds is 10. The standard InChI is InChI=1S/C23H23N3O5/c1-17-5-2-3-7-21(17)31-16-23(28)26-25-13-18-8-10-19(11-9-18)30-15-22(27)24-14-20-6-4-12-29-20/h2-13H,14-16H2,1H3,(H,24,27)(H,26,28). The number of para-hydroxylation sites is 1. The minimum absolute atomic E-state index is 0.106. The van der Waals surface area contributed by atoms with Gasteiger partial charge in [0.05, 0.1) is 19.0 Å². The van der Waals surface area contributed by atoms with Gasteiger partial charge in [0.25, 0.3) is 11.8 Å². The molecule has 2 amide bonds. The fourth-order valence-electron chi connectivity index (χ4n) is 2.52. The lowest BCUT2D eigenvalue weighted by Crippen LogP contribution is -2.28. The van der Waals surface area contributed by atoms with E-state index in [-0.39, 0.29) is 25.0 Å². The first kappa shape index (κ1) is 21.6. The van der Waals surface area contributed by atoms with Crippen LogP contribution >= 0.6 is 0 Å². The predicted octanol–water partition coefficient (Wildman–Crippen LogP) is 2.81. The van der Waals surface area contributed by atoms with Gasteiger partial charge in [-0.15, -0.1) is 0 Å². The maximum absolute atomic E-state index is 11.8. The second kappa shape index (κ2) is 11.2. The average molecular weight is 421 g/mol. The Morgan fingerprint density at radius 2 is 1.74 bits per heavy atom. The second-order valence-corrected chi connectivity index (χ2v) is 6.56. The van der Waals surface area contributed by atoms with Crippen LogP contribution in [0.3, 0.4) is 0 Å². The first-order valence-corrected chi connectivity index (χ1v) is 9.62. The van der Waals surface area contributed by atoms with Crippen molar-refractivity contribution in [1.82, 2.24) is 10.7 Å². The lowest BCUT2D eigenvalue weighted by Gasteiger charge is -2.07. The van der Waals surface area contributed by atoms with Crippen LogP contribution in [-0.2, 0) is 16.1 Å². The highest BCUT2D eigenvalue weighted by Gasteiger charge is 2.05. The number of hydrogen-bond donors (Lipinski definition) is 2. The van der Waals surface area contributed by atoms with Gasteiger partial charge in [0, 0.05) is 0 Å². The Hall–Kier alpha value is -4.07. The van der Waals surface area contributed by atoms with E-state index in [0.717, 1.165) is 11.1 Å². The van der Waals surface area contributed by atoms with Crippen molar-refractivity contribution in [3.63, 3.8) is 0 Å². The molecule has 0 aliphatic heterocycles. The van der Waals surface area contributed by atoms with Crippen molar-refractivity contribution in [2.75, 3.05) is 13.2 Å². The third-order valence-corrected chi connectivity index (χ3v) is 4.15. The zero-order chi connectivity index (χ0) is 21.9. The number of carbonyl (C=O) groups is 2. The van der Waals surface area contributed by atoms with Crippen LogP contribution in [0.2, 0.25) is 0 Å². The predicted molar refractivity (Wildman–Crippen MR) is 115 cm³/mol. The molecule has 3 rings (SSSR count). The number of carbonyl (C=O) groups excluding carboxylic acids is 2. The van der Waals surface area contributed by atoms with Crippen molar-refractivity contribution < 1.29 is 23.5 Å². The number of nitrogens with one attached hydrogen (secondary N) is 2. The van der Waals surface area contributed by atoms with Crippen molar-refractivity contribution in [1.29, 1.82) is 0 Å². The van der Waals surface area contributed by atoms with E-state index in [0.29, 0.717) is 23.8 Å². The topological polar surface area (TPSA) is 102 Å². The van der Waals surface area contributed by atoms with E-state index in [4.69, 9.17) is 13.9 Å². The molecule has 3 aromatic rings. The number of furan rings is 1. The van der Waals surface area contributed by atoms with Gasteiger partial charge in [-0.2, -0.15) is 5.10 Å². The molecule has 0 aliphatic carbocycles. The molecular weight excluding hydrogens is 398 g/mol. The van der Waals surface area contributed by atoms with Gasteiger partial charge in [-0.05, 0) is 60.5 Å². The van der Waals surface area contributed by atoms with E-state index in [1.165, 1.54) is 6.21 Å². The van der Waals surface area contributed by atoms with E-state index in [1.54, 1.807) is 48.7 Å². The summed E-state index contributed by atoms with van der Waals surface area (Å²) in [5.41, 5.74) is 4.13. The van der Waals surface area contributed by atoms with Gasteiger partial charge in [-0.25, -0.2) is 5.43 Å². The molecule has 8 nitrogen and oxygen atoms in total. The molecule has 2 aromatic carbocycles. The fraction of sp³-hybridized carbons (Fsp3) is 0.174. The Morgan fingerprint density at radius 3 is 2.48 bits per heavy atom. The Morgan fingerprint density at radius 1 is 0.968 bits per heavy atom. The smallest absolute Gasteiger partial charge is 0.277 e. The average Bonchev–Trinajstić information content (AvgIpc) is 3.30. The van der Waals surface area contributed by atoms with Crippen LogP contribution in [0.25, 0.3) is 0 Å². The van der Waals surface area contributed by atoms with E-state index in [1.807, 2.05) is 25.1 Å². The molecule has 0 spiro atoms. The summed E-state index contributed by atoms with van der Waals surface area (Å²) in [6, 6.07) is 17.9. The van der Waals surface area contributed by atoms with Gasteiger partial charge in [0.15, 0.2) is 13.2 Å². The highest BCUT2D eigenvalue weighted by molar-refractivity contribution is 5.83. The van der Waals surface area contributed by atoms with Gasteiger partial charge in [-0.1, -0.05) is 18.2 Å². The van der Waals surface area contributed by atoms with Crippen LogP contribution in [0, 0.1) is 6.92 Å². The summed E-state index contributed by atoms with van der Waals surface area (Å²) >= 11 is 0. The molecule has 1 aromatic heterocycles. The second-order valence-electron chi connectivity index (χ2n) is 6.56. The number of amides is 2. The van der Waals surface area contributed by atoms with Crippen molar-refractivity contribution in [2.24, 2.45) is 5.10 Å². The Balaban J connectivity index is 1.36. The molecule has 0 radical (unpaired) electrons. The third-order valence-electron chi connectivity index (χ3n) is 4.15. The zero-order valence-electron chi connectivity index (χ0n) is 17.0. The van der Waals surface area contributed by atoms with Crippen LogP contribution < -0.4 is 20.2 Å². The van der Waals surface area contributed by atoms with Gasteiger partial charge in [-0.3, -0.25) is 9.59 Å². The van der Waals surface area contributed by atoms with Crippen LogP contribution in [0.4, 0.5) is 0 Å². The van der Waals surface area contributed by atoms with Crippen molar-refractivity contribution in [3.8, 4) is 11.5 Å². The summed E-state index contributed by atoms with van der Waals surface area (Å²) in [6.45, 7) is 1.99. The summed E-state index contributed by atoms with van der Waals surface area (Å²) in [5.74, 6) is 1.26. The summed E-state index contributed by atoms with van der Waals surface area (Å²) in [7, 11) is 0. The van der Waals surface area contributed by atoms with Gasteiger partial charge >= 0.3 is 0 Å². The number of ether oxygens (including phenoxy) is 2. The maximum Gasteiger partial charge on any atom is 0.277 e. The van der Waals surface area contributed by atoms with E-state index < -0.39 is 0 Å². The van der Waals surface area contributed by atoms with Gasteiger partial charge < -0.3 is 19.2 Å². The Kier molecular flexibility index (Phi) is 7.82. The van der Waals surface area contributed by atoms with E-state index in [9.17, 15) is 9.59 Å². The van der Waals surface area contributed by atoms with Crippen molar-refractivity contribution in [3.05, 3.63) is 83.8 Å². The first-order valence-electron chi connectivity index (χ1n) is 9.62. The molecule has 0 saturated heterocycles. The lowest BCUT2D eigenvalue weighted by atomic mass is 10.2. The monoisotopic (exact) mass is 421 g/mol. The number of nitrogens with zero attached hydrogens (tertiary/aromatic N) is 1. The van der Waals surface area contributed by atoms with Crippen LogP contribution in [-0.4, -0.2) is 31.2 Å². The maximum atomic E-state index is 11.8. The summed E-state index contributed by atoms with van der Waals surface area (Å²) < 4.78 is 16.1. The lowest BCUT2D eigenvalue weighted by molar-refractivity contribution is -0.123. The number of hydrazone groups is 1. The third kappa shape index (κ3) is 7.36. The molecule has 0 fully saturated rings. The number of benzene rings is 2. The first-order chi connectivity index (χ1) is 15.1. The number of aryl methyl sites for hydroxylation is 1. The molecule has 2 N–H and O–H groups in total. The fourth-order valence-corrected chi connectivity index (χ4v) is 2.52. The molecule has 0 unspecified atom stereocenters. The zero-order valence-corrected chi connectivity index (χ0v) is 17.0. The normalized spacial score (nSPS) is 10.6. The molecule has 0 aliphatic rings. The van der Waals surface area contributed by atoms with Crippen molar-refractivity contribution >= 4 is 18.0 Å². The highest BCUT2D eigenvalue weighted by Crippen LogP contribution is 2.15. The summed E-state index contributed by atoms with van der Waals surface area (Å²) in [6.07, 6.45) is 3.05. The van der Waals surface area contributed by atoms with E-state index >= 15 is 0 Å². The molecular formula is C23H23N3O5. The van der Waals surface area contributed by atoms with Gasteiger partial charge in [0.2, 0.25) is 0 Å². The molecule has 8 heteroatoms. The van der Waals surface area contributed by atoms with Crippen LogP contribution in [0.1, 0.15) is 16.9 Å². The van der Waals surface area contributed by atoms with Gasteiger partial charge in [0.1, 0.15) is 17.3 Å². The Labute approximate surface area is 179 Å². The minimum Gasteiger partial charge on any atom is -0.484 e. The molecule has 0 saturated carbocycles. The van der Waals surface area contributed by atoms with Crippen LogP contribution in [0.5, 0.6) is 11.5 Å². The molecule has 0 atom stereocenters. The van der Waals surface area contributed by atoms with Crippen molar-refractivity contribution in [2.45, 2.75) is 13.5 Å². The quantitative estimate of drug-likeness (QED) is 0.387. The van der Waals surface area contributed by atoms with Crippen LogP contribution in [0.15, 0.2) is 76.4 Å². The number of hydrogen-bond acceptors (Lipinski definition) is 6. The molecule has 160 valence electrons. The molecule has 0 bridgehead atoms. The van der Waals surface area contributed by atoms with E-state index in [2.05, 4.69) is 15.8 Å².